The van der Waals surface area contributed by atoms with Crippen LogP contribution < -0.4 is 4.90 Å². The molecule has 0 spiro atoms. The van der Waals surface area contributed by atoms with Gasteiger partial charge >= 0.3 is 0 Å². The number of benzene rings is 1. The van der Waals surface area contributed by atoms with E-state index in [9.17, 15) is 9.90 Å². The highest BCUT2D eigenvalue weighted by molar-refractivity contribution is 5.80. The first-order valence-corrected chi connectivity index (χ1v) is 6.05. The summed E-state index contributed by atoms with van der Waals surface area (Å²) in [7, 11) is 0. The standard InChI is InChI=1S/C14H19NO2/c1-14(2)5-7-15(8-6-14)12-4-3-11(10-16)13(17)9-12/h3-4,9-10,17H,5-8H2,1-2H3. The quantitative estimate of drug-likeness (QED) is 0.798. The summed E-state index contributed by atoms with van der Waals surface area (Å²) in [6.45, 7) is 6.59. The van der Waals surface area contributed by atoms with Gasteiger partial charge in [-0.25, -0.2) is 0 Å². The van der Waals surface area contributed by atoms with Crippen LogP contribution in [0.1, 0.15) is 37.0 Å². The molecular formula is C14H19NO2. The predicted octanol–water partition coefficient (Wildman–Crippen LogP) is 2.83. The summed E-state index contributed by atoms with van der Waals surface area (Å²) in [5.74, 6) is 0.0716. The van der Waals surface area contributed by atoms with Crippen molar-refractivity contribution in [1.29, 1.82) is 0 Å². The van der Waals surface area contributed by atoms with Gasteiger partial charge in [0, 0.05) is 24.8 Å². The molecule has 0 radical (unpaired) electrons. The number of rotatable bonds is 2. The van der Waals surface area contributed by atoms with Gasteiger partial charge in [0.05, 0.1) is 5.56 Å². The molecule has 2 rings (SSSR count). The third-order valence-corrected chi connectivity index (χ3v) is 3.62. The number of phenolic OH excluding ortho intramolecular Hbond substituents is 1. The zero-order chi connectivity index (χ0) is 12.5. The first-order valence-electron chi connectivity index (χ1n) is 6.05. The zero-order valence-corrected chi connectivity index (χ0v) is 10.4. The van der Waals surface area contributed by atoms with Crippen LogP contribution in [0.3, 0.4) is 0 Å². The van der Waals surface area contributed by atoms with Crippen molar-refractivity contribution in [3.05, 3.63) is 23.8 Å². The maximum Gasteiger partial charge on any atom is 0.153 e. The van der Waals surface area contributed by atoms with E-state index in [-0.39, 0.29) is 5.75 Å². The molecule has 1 heterocycles. The van der Waals surface area contributed by atoms with Gasteiger partial charge in [-0.1, -0.05) is 13.8 Å². The fraction of sp³-hybridized carbons (Fsp3) is 0.500. The van der Waals surface area contributed by atoms with Crippen molar-refractivity contribution >= 4 is 12.0 Å². The summed E-state index contributed by atoms with van der Waals surface area (Å²) in [6, 6.07) is 5.27. The molecule has 1 aromatic rings. The van der Waals surface area contributed by atoms with Crippen molar-refractivity contribution in [2.45, 2.75) is 26.7 Å². The molecular weight excluding hydrogens is 214 g/mol. The molecule has 1 saturated heterocycles. The van der Waals surface area contributed by atoms with Crippen molar-refractivity contribution in [3.8, 4) is 5.75 Å². The van der Waals surface area contributed by atoms with Crippen LogP contribution in [0.4, 0.5) is 5.69 Å². The van der Waals surface area contributed by atoms with Crippen LogP contribution >= 0.6 is 0 Å². The summed E-state index contributed by atoms with van der Waals surface area (Å²) in [5.41, 5.74) is 1.77. The Labute approximate surface area is 102 Å². The van der Waals surface area contributed by atoms with Gasteiger partial charge in [0.15, 0.2) is 6.29 Å². The average molecular weight is 233 g/mol. The molecule has 0 amide bonds. The Morgan fingerprint density at radius 3 is 2.47 bits per heavy atom. The van der Waals surface area contributed by atoms with E-state index in [0.29, 0.717) is 17.3 Å². The normalized spacial score (nSPS) is 19.1. The lowest BCUT2D eigenvalue weighted by atomic mass is 9.82. The molecule has 1 aliphatic rings. The van der Waals surface area contributed by atoms with Crippen molar-refractivity contribution < 1.29 is 9.90 Å². The Hall–Kier alpha value is -1.51. The van der Waals surface area contributed by atoms with Gasteiger partial charge in [-0.2, -0.15) is 0 Å². The molecule has 0 atom stereocenters. The smallest absolute Gasteiger partial charge is 0.153 e. The second-order valence-corrected chi connectivity index (χ2v) is 5.51. The predicted molar refractivity (Wildman–Crippen MR) is 68.7 cm³/mol. The third kappa shape index (κ3) is 2.60. The van der Waals surface area contributed by atoms with E-state index in [2.05, 4.69) is 18.7 Å². The number of aldehydes is 1. The number of phenols is 1. The molecule has 0 aliphatic carbocycles. The van der Waals surface area contributed by atoms with Crippen LogP contribution in [0.25, 0.3) is 0 Å². The minimum absolute atomic E-state index is 0.0716. The molecule has 92 valence electrons. The highest BCUT2D eigenvalue weighted by Gasteiger charge is 2.25. The van der Waals surface area contributed by atoms with E-state index < -0.39 is 0 Å². The fourth-order valence-corrected chi connectivity index (χ4v) is 2.20. The number of nitrogens with zero attached hydrogens (tertiary/aromatic N) is 1. The molecule has 17 heavy (non-hydrogen) atoms. The minimum atomic E-state index is 0.0716. The van der Waals surface area contributed by atoms with Crippen LogP contribution in [-0.4, -0.2) is 24.5 Å². The average Bonchev–Trinajstić information content (AvgIpc) is 2.29. The summed E-state index contributed by atoms with van der Waals surface area (Å²) >= 11 is 0. The molecule has 0 aromatic heterocycles. The lowest BCUT2D eigenvalue weighted by Crippen LogP contribution is -2.37. The lowest BCUT2D eigenvalue weighted by molar-refractivity contribution is 0.112. The molecule has 1 fully saturated rings. The Morgan fingerprint density at radius 2 is 1.94 bits per heavy atom. The Balaban J connectivity index is 2.14. The van der Waals surface area contributed by atoms with E-state index in [1.165, 1.54) is 0 Å². The monoisotopic (exact) mass is 233 g/mol. The summed E-state index contributed by atoms with van der Waals surface area (Å²) in [4.78, 5) is 12.9. The highest BCUT2D eigenvalue weighted by atomic mass is 16.3. The van der Waals surface area contributed by atoms with Gasteiger partial charge in [0.2, 0.25) is 0 Å². The summed E-state index contributed by atoms with van der Waals surface area (Å²) in [6.07, 6.45) is 2.99. The van der Waals surface area contributed by atoms with Crippen molar-refractivity contribution in [2.24, 2.45) is 5.41 Å². The number of hydrogen-bond donors (Lipinski definition) is 1. The maximum atomic E-state index is 10.6. The summed E-state index contributed by atoms with van der Waals surface area (Å²) in [5, 5.41) is 9.67. The van der Waals surface area contributed by atoms with Crippen LogP contribution in [-0.2, 0) is 0 Å². The van der Waals surface area contributed by atoms with Crippen LogP contribution in [0.2, 0.25) is 0 Å². The van der Waals surface area contributed by atoms with E-state index in [1.807, 2.05) is 6.07 Å². The maximum absolute atomic E-state index is 10.6. The fourth-order valence-electron chi connectivity index (χ4n) is 2.20. The number of anilines is 1. The lowest BCUT2D eigenvalue weighted by Gasteiger charge is -2.38. The van der Waals surface area contributed by atoms with Gasteiger partial charge in [0.25, 0.3) is 0 Å². The van der Waals surface area contributed by atoms with E-state index in [0.717, 1.165) is 31.6 Å². The van der Waals surface area contributed by atoms with E-state index in [1.54, 1.807) is 12.1 Å². The molecule has 3 nitrogen and oxygen atoms in total. The number of aromatic hydroxyl groups is 1. The van der Waals surface area contributed by atoms with Crippen molar-refractivity contribution in [1.82, 2.24) is 0 Å². The van der Waals surface area contributed by atoms with Crippen molar-refractivity contribution in [2.75, 3.05) is 18.0 Å². The van der Waals surface area contributed by atoms with Crippen LogP contribution in [0.15, 0.2) is 18.2 Å². The van der Waals surface area contributed by atoms with Crippen LogP contribution in [0, 0.1) is 5.41 Å². The number of piperidine rings is 1. The topological polar surface area (TPSA) is 40.5 Å². The first kappa shape index (κ1) is 12.0. The number of hydrogen-bond acceptors (Lipinski definition) is 3. The van der Waals surface area contributed by atoms with E-state index >= 15 is 0 Å². The van der Waals surface area contributed by atoms with E-state index in [4.69, 9.17) is 0 Å². The van der Waals surface area contributed by atoms with Gasteiger partial charge in [-0.3, -0.25) is 4.79 Å². The molecule has 0 bridgehead atoms. The zero-order valence-electron chi connectivity index (χ0n) is 10.4. The number of carbonyl (C=O) groups is 1. The highest BCUT2D eigenvalue weighted by Crippen LogP contribution is 2.33. The Kier molecular flexibility index (Phi) is 3.09. The molecule has 3 heteroatoms. The second-order valence-electron chi connectivity index (χ2n) is 5.51. The van der Waals surface area contributed by atoms with Gasteiger partial charge < -0.3 is 10.0 Å². The third-order valence-electron chi connectivity index (χ3n) is 3.62. The molecule has 1 aliphatic heterocycles. The van der Waals surface area contributed by atoms with Gasteiger partial charge in [0.1, 0.15) is 5.75 Å². The van der Waals surface area contributed by atoms with Gasteiger partial charge in [-0.05, 0) is 30.4 Å². The molecule has 0 saturated carbocycles. The summed E-state index contributed by atoms with van der Waals surface area (Å²) < 4.78 is 0. The molecule has 1 aromatic carbocycles. The Morgan fingerprint density at radius 1 is 1.29 bits per heavy atom. The number of carbonyl (C=O) groups excluding carboxylic acids is 1. The second kappa shape index (κ2) is 4.40. The molecule has 0 unspecified atom stereocenters. The largest absolute Gasteiger partial charge is 0.507 e. The minimum Gasteiger partial charge on any atom is -0.507 e. The molecule has 1 N–H and O–H groups in total. The van der Waals surface area contributed by atoms with Crippen LogP contribution in [0.5, 0.6) is 5.75 Å². The van der Waals surface area contributed by atoms with Crippen molar-refractivity contribution in [3.63, 3.8) is 0 Å². The Bertz CT molecular complexity index is 416. The van der Waals surface area contributed by atoms with Gasteiger partial charge in [-0.15, -0.1) is 0 Å². The SMILES string of the molecule is CC1(C)CCN(c2ccc(C=O)c(O)c2)CC1. The first-order chi connectivity index (χ1) is 8.02.